The number of likely N-dealkylation sites (N-methyl/N-ethyl adjacent to an activating group) is 1. The highest BCUT2D eigenvalue weighted by Crippen LogP contribution is 2.12. The van der Waals surface area contributed by atoms with Gasteiger partial charge in [0.05, 0.1) is 6.61 Å². The Hall–Kier alpha value is -2.08. The normalized spacial score (nSPS) is 11.7. The van der Waals surface area contributed by atoms with Crippen LogP contribution in [0.15, 0.2) is 30.3 Å². The lowest BCUT2D eigenvalue weighted by atomic mass is 10.1. The summed E-state index contributed by atoms with van der Waals surface area (Å²) in [5, 5.41) is 20.2. The van der Waals surface area contributed by atoms with Gasteiger partial charge in [-0.15, -0.1) is 0 Å². The van der Waals surface area contributed by atoms with E-state index in [1.54, 1.807) is 30.3 Å². The maximum Gasteiger partial charge on any atom is 0.330 e. The topological polar surface area (TPSA) is 89.9 Å². The monoisotopic (exact) mass is 252 g/mol. The Balaban J connectivity index is 2.76. The van der Waals surface area contributed by atoms with E-state index in [-0.39, 0.29) is 13.2 Å². The first kappa shape index (κ1) is 14.0. The molecular formula is C12H16N2O4. The number of aliphatic hydroxyl groups is 1. The van der Waals surface area contributed by atoms with E-state index in [1.165, 1.54) is 11.9 Å². The van der Waals surface area contributed by atoms with Crippen molar-refractivity contribution in [3.8, 4) is 0 Å². The van der Waals surface area contributed by atoms with Crippen molar-refractivity contribution in [2.75, 3.05) is 20.2 Å². The highest BCUT2D eigenvalue weighted by atomic mass is 16.4. The number of carboxylic acids is 1. The number of nitrogens with one attached hydrogen (secondary N) is 1. The number of hydrogen-bond donors (Lipinski definition) is 3. The van der Waals surface area contributed by atoms with E-state index in [9.17, 15) is 9.59 Å². The van der Waals surface area contributed by atoms with Gasteiger partial charge in [-0.3, -0.25) is 0 Å². The van der Waals surface area contributed by atoms with Crippen LogP contribution in [0.1, 0.15) is 11.6 Å². The van der Waals surface area contributed by atoms with Crippen LogP contribution in [0.2, 0.25) is 0 Å². The van der Waals surface area contributed by atoms with E-state index in [2.05, 4.69) is 5.32 Å². The number of carbonyl (C=O) groups excluding carboxylic acids is 1. The average Bonchev–Trinajstić information content (AvgIpc) is 2.36. The minimum atomic E-state index is -1.13. The highest BCUT2D eigenvalue weighted by Gasteiger charge is 2.23. The summed E-state index contributed by atoms with van der Waals surface area (Å²) in [6.45, 7) is -0.0278. The van der Waals surface area contributed by atoms with Gasteiger partial charge in [0.25, 0.3) is 0 Å². The first-order chi connectivity index (χ1) is 8.56. The lowest BCUT2D eigenvalue weighted by molar-refractivity contribution is -0.139. The van der Waals surface area contributed by atoms with Gasteiger partial charge in [-0.2, -0.15) is 0 Å². The number of urea groups is 1. The van der Waals surface area contributed by atoms with Gasteiger partial charge in [-0.25, -0.2) is 9.59 Å². The van der Waals surface area contributed by atoms with Crippen LogP contribution in [0.4, 0.5) is 4.79 Å². The second-order valence-electron chi connectivity index (χ2n) is 3.78. The average molecular weight is 252 g/mol. The van der Waals surface area contributed by atoms with E-state index in [4.69, 9.17) is 10.2 Å². The summed E-state index contributed by atoms with van der Waals surface area (Å²) in [6.07, 6.45) is 0. The van der Waals surface area contributed by atoms with Gasteiger partial charge in [-0.05, 0) is 5.56 Å². The quantitative estimate of drug-likeness (QED) is 0.709. The summed E-state index contributed by atoms with van der Waals surface area (Å²) >= 11 is 0. The number of aliphatic carboxylic acids is 1. The number of rotatable bonds is 5. The molecule has 0 bridgehead atoms. The predicted octanol–water partition coefficient (Wildman–Crippen LogP) is 0.446. The zero-order chi connectivity index (χ0) is 13.5. The number of carboxylic acid groups (broad SMARTS) is 1. The van der Waals surface area contributed by atoms with Gasteiger partial charge in [0.2, 0.25) is 0 Å². The molecule has 18 heavy (non-hydrogen) atoms. The Morgan fingerprint density at radius 1 is 1.33 bits per heavy atom. The van der Waals surface area contributed by atoms with Gasteiger partial charge in [-0.1, -0.05) is 30.3 Å². The third-order valence-electron chi connectivity index (χ3n) is 2.43. The van der Waals surface area contributed by atoms with E-state index in [1.807, 2.05) is 0 Å². The summed E-state index contributed by atoms with van der Waals surface area (Å²) in [5.74, 6) is -1.13. The van der Waals surface area contributed by atoms with Crippen LogP contribution in [0.5, 0.6) is 0 Å². The number of aliphatic hydroxyl groups excluding tert-OH is 1. The SMILES string of the molecule is CN(CCO)C(=O)N[C@@H](C(=O)O)c1ccccc1. The van der Waals surface area contributed by atoms with Crippen LogP contribution >= 0.6 is 0 Å². The Kier molecular flexibility index (Phi) is 5.13. The largest absolute Gasteiger partial charge is 0.479 e. The third kappa shape index (κ3) is 3.74. The fraction of sp³-hybridized carbons (Fsp3) is 0.333. The molecule has 0 aromatic heterocycles. The maximum atomic E-state index is 11.7. The van der Waals surface area contributed by atoms with Crippen molar-refractivity contribution in [2.45, 2.75) is 6.04 Å². The molecule has 0 saturated heterocycles. The van der Waals surface area contributed by atoms with Crippen molar-refractivity contribution in [1.82, 2.24) is 10.2 Å². The zero-order valence-electron chi connectivity index (χ0n) is 10.0. The van der Waals surface area contributed by atoms with E-state index in [0.717, 1.165) is 0 Å². The third-order valence-corrected chi connectivity index (χ3v) is 2.43. The molecule has 6 heteroatoms. The molecule has 0 radical (unpaired) electrons. The summed E-state index contributed by atoms with van der Waals surface area (Å²) in [7, 11) is 1.48. The number of benzene rings is 1. The first-order valence-electron chi connectivity index (χ1n) is 5.46. The van der Waals surface area contributed by atoms with Crippen molar-refractivity contribution < 1.29 is 19.8 Å². The molecule has 1 aromatic carbocycles. The second-order valence-corrected chi connectivity index (χ2v) is 3.78. The summed E-state index contributed by atoms with van der Waals surface area (Å²) in [6, 6.07) is 6.79. The molecule has 1 aromatic rings. The standard InChI is InChI=1S/C12H16N2O4/c1-14(7-8-15)12(18)13-10(11(16)17)9-5-3-2-4-6-9/h2-6,10,15H,7-8H2,1H3,(H,13,18)(H,16,17)/t10-/m1/s1. The molecule has 3 N–H and O–H groups in total. The Bertz CT molecular complexity index is 408. The lowest BCUT2D eigenvalue weighted by Gasteiger charge is -2.20. The number of amides is 2. The second kappa shape index (κ2) is 6.61. The Morgan fingerprint density at radius 2 is 1.94 bits per heavy atom. The molecular weight excluding hydrogens is 236 g/mol. The minimum Gasteiger partial charge on any atom is -0.479 e. The zero-order valence-corrected chi connectivity index (χ0v) is 10.0. The number of nitrogens with zero attached hydrogens (tertiary/aromatic N) is 1. The molecule has 2 amide bonds. The van der Waals surface area contributed by atoms with Crippen molar-refractivity contribution >= 4 is 12.0 Å². The minimum absolute atomic E-state index is 0.146. The molecule has 0 aliphatic carbocycles. The van der Waals surface area contributed by atoms with Crippen LogP contribution in [0, 0.1) is 0 Å². The molecule has 0 saturated carbocycles. The first-order valence-corrected chi connectivity index (χ1v) is 5.46. The van der Waals surface area contributed by atoms with Crippen LogP contribution in [-0.4, -0.2) is 47.3 Å². The van der Waals surface area contributed by atoms with Gasteiger partial charge in [0, 0.05) is 13.6 Å². The van der Waals surface area contributed by atoms with Crippen LogP contribution < -0.4 is 5.32 Å². The van der Waals surface area contributed by atoms with Crippen LogP contribution in [-0.2, 0) is 4.79 Å². The molecule has 98 valence electrons. The van der Waals surface area contributed by atoms with Crippen molar-refractivity contribution in [1.29, 1.82) is 0 Å². The van der Waals surface area contributed by atoms with Gasteiger partial charge >= 0.3 is 12.0 Å². The summed E-state index contributed by atoms with van der Waals surface area (Å²) < 4.78 is 0. The fourth-order valence-corrected chi connectivity index (χ4v) is 1.42. The smallest absolute Gasteiger partial charge is 0.330 e. The summed E-state index contributed by atoms with van der Waals surface area (Å²) in [5.41, 5.74) is 0.496. The van der Waals surface area contributed by atoms with Crippen LogP contribution in [0.25, 0.3) is 0 Å². The number of hydrogen-bond acceptors (Lipinski definition) is 3. The van der Waals surface area contributed by atoms with Gasteiger partial charge < -0.3 is 20.4 Å². The van der Waals surface area contributed by atoms with E-state index >= 15 is 0 Å². The molecule has 1 atom stereocenters. The lowest BCUT2D eigenvalue weighted by Crippen LogP contribution is -2.42. The molecule has 0 aliphatic rings. The van der Waals surface area contributed by atoms with Crippen LogP contribution in [0.3, 0.4) is 0 Å². The van der Waals surface area contributed by atoms with Crippen molar-refractivity contribution in [2.24, 2.45) is 0 Å². The Morgan fingerprint density at radius 3 is 2.44 bits per heavy atom. The van der Waals surface area contributed by atoms with Crippen molar-refractivity contribution in [3.05, 3.63) is 35.9 Å². The molecule has 1 rings (SSSR count). The van der Waals surface area contributed by atoms with E-state index in [0.29, 0.717) is 5.56 Å². The molecule has 0 aliphatic heterocycles. The summed E-state index contributed by atoms with van der Waals surface area (Å²) in [4.78, 5) is 24.0. The molecule has 6 nitrogen and oxygen atoms in total. The van der Waals surface area contributed by atoms with Gasteiger partial charge in [0.1, 0.15) is 0 Å². The Labute approximate surface area is 105 Å². The number of carbonyl (C=O) groups is 2. The maximum absolute atomic E-state index is 11.7. The molecule has 0 spiro atoms. The molecule has 0 unspecified atom stereocenters. The van der Waals surface area contributed by atoms with Gasteiger partial charge in [0.15, 0.2) is 6.04 Å². The molecule has 0 fully saturated rings. The fourth-order valence-electron chi connectivity index (χ4n) is 1.42. The van der Waals surface area contributed by atoms with E-state index < -0.39 is 18.0 Å². The van der Waals surface area contributed by atoms with Crippen molar-refractivity contribution in [3.63, 3.8) is 0 Å². The highest BCUT2D eigenvalue weighted by molar-refractivity contribution is 5.83. The molecule has 0 heterocycles. The predicted molar refractivity (Wildman–Crippen MR) is 65.1 cm³/mol.